The Bertz CT molecular complexity index is 805. The maximum absolute atomic E-state index is 10.5. The molecule has 146 valence electrons. The minimum Gasteiger partial charge on any atom is -0.481 e. The van der Waals surface area contributed by atoms with Crippen molar-refractivity contribution >= 4 is 17.7 Å². The van der Waals surface area contributed by atoms with Gasteiger partial charge in [0.15, 0.2) is 5.76 Å². The molecule has 0 radical (unpaired) electrons. The third-order valence-electron chi connectivity index (χ3n) is 4.45. The first-order chi connectivity index (χ1) is 13.7. The average molecular weight is 396 g/mol. The van der Waals surface area contributed by atoms with E-state index in [9.17, 15) is 4.79 Å². The van der Waals surface area contributed by atoms with Gasteiger partial charge in [0.05, 0.1) is 0 Å². The van der Waals surface area contributed by atoms with Gasteiger partial charge in [-0.3, -0.25) is 4.79 Å². The summed E-state index contributed by atoms with van der Waals surface area (Å²) in [7, 11) is 0. The molecular formula is C23H25NO3S. The van der Waals surface area contributed by atoms with E-state index in [1.165, 1.54) is 0 Å². The van der Waals surface area contributed by atoms with E-state index in [0.29, 0.717) is 5.22 Å². The van der Waals surface area contributed by atoms with Crippen LogP contribution >= 0.6 is 11.8 Å². The number of thioether (sulfide) groups is 1. The normalized spacial score (nSPS) is 10.9. The minimum absolute atomic E-state index is 0.273. The molecular weight excluding hydrogens is 370 g/mol. The number of unbranched alkanes of at least 4 members (excludes halogenated alkanes) is 4. The van der Waals surface area contributed by atoms with Crippen molar-refractivity contribution in [1.29, 1.82) is 0 Å². The van der Waals surface area contributed by atoms with Gasteiger partial charge in [-0.1, -0.05) is 91.7 Å². The summed E-state index contributed by atoms with van der Waals surface area (Å²) in [4.78, 5) is 15.3. The Hall–Kier alpha value is -2.53. The molecule has 0 spiro atoms. The number of carboxylic acids is 1. The smallest absolute Gasteiger partial charge is 0.303 e. The molecule has 2 aromatic carbocycles. The quantitative estimate of drug-likeness (QED) is 0.295. The predicted octanol–water partition coefficient (Wildman–Crippen LogP) is 6.53. The molecule has 1 heterocycles. The first kappa shape index (κ1) is 20.2. The second kappa shape index (κ2) is 10.7. The van der Waals surface area contributed by atoms with Gasteiger partial charge in [0.2, 0.25) is 0 Å². The number of rotatable bonds is 11. The molecule has 0 fully saturated rings. The van der Waals surface area contributed by atoms with Gasteiger partial charge in [-0.2, -0.15) is 0 Å². The van der Waals surface area contributed by atoms with Gasteiger partial charge in [-0.05, 0) is 12.8 Å². The van der Waals surface area contributed by atoms with Gasteiger partial charge in [0, 0.05) is 23.3 Å². The summed E-state index contributed by atoms with van der Waals surface area (Å²) in [6.45, 7) is 0. The maximum Gasteiger partial charge on any atom is 0.303 e. The largest absolute Gasteiger partial charge is 0.481 e. The van der Waals surface area contributed by atoms with E-state index in [1.807, 2.05) is 48.5 Å². The SMILES string of the molecule is O=C(O)CCCCCCCSc1nc(-c2ccccc2)c(-c2ccccc2)o1. The fourth-order valence-electron chi connectivity index (χ4n) is 3.01. The molecule has 4 nitrogen and oxygen atoms in total. The zero-order chi connectivity index (χ0) is 19.6. The minimum atomic E-state index is -0.706. The van der Waals surface area contributed by atoms with Gasteiger partial charge in [0.1, 0.15) is 5.69 Å². The summed E-state index contributed by atoms with van der Waals surface area (Å²) < 4.78 is 6.11. The molecule has 5 heteroatoms. The Kier molecular flexibility index (Phi) is 7.73. The lowest BCUT2D eigenvalue weighted by Gasteiger charge is -2.00. The van der Waals surface area contributed by atoms with Crippen LogP contribution in [-0.2, 0) is 4.79 Å². The standard InChI is InChI=1S/C23H25NO3S/c25-20(26)16-10-2-1-3-11-17-28-23-24-21(18-12-6-4-7-13-18)22(27-23)19-14-8-5-9-15-19/h4-9,12-15H,1-3,10-11,16-17H2,(H,25,26). The Morgan fingerprint density at radius 2 is 1.46 bits per heavy atom. The highest BCUT2D eigenvalue weighted by atomic mass is 32.2. The van der Waals surface area contributed by atoms with Crippen LogP contribution in [0.25, 0.3) is 22.6 Å². The van der Waals surface area contributed by atoms with Gasteiger partial charge in [0.25, 0.3) is 5.22 Å². The van der Waals surface area contributed by atoms with Crippen molar-refractivity contribution in [1.82, 2.24) is 4.98 Å². The molecule has 3 aromatic rings. The van der Waals surface area contributed by atoms with Crippen molar-refractivity contribution in [3.8, 4) is 22.6 Å². The van der Waals surface area contributed by atoms with Crippen LogP contribution in [0.5, 0.6) is 0 Å². The fourth-order valence-corrected chi connectivity index (χ4v) is 3.83. The fraction of sp³-hybridized carbons (Fsp3) is 0.304. The van der Waals surface area contributed by atoms with Crippen LogP contribution in [-0.4, -0.2) is 21.8 Å². The topological polar surface area (TPSA) is 63.3 Å². The predicted molar refractivity (Wildman–Crippen MR) is 113 cm³/mol. The van der Waals surface area contributed by atoms with Crippen LogP contribution in [0.1, 0.15) is 38.5 Å². The van der Waals surface area contributed by atoms with E-state index in [4.69, 9.17) is 14.5 Å². The number of aliphatic carboxylic acids is 1. The zero-order valence-corrected chi connectivity index (χ0v) is 16.7. The number of hydrogen-bond acceptors (Lipinski definition) is 4. The highest BCUT2D eigenvalue weighted by molar-refractivity contribution is 7.99. The summed E-state index contributed by atoms with van der Waals surface area (Å²) in [6, 6.07) is 20.2. The summed E-state index contributed by atoms with van der Waals surface area (Å²) in [5, 5.41) is 9.35. The number of carboxylic acid groups (broad SMARTS) is 1. The number of oxazole rings is 1. The Balaban J connectivity index is 1.58. The van der Waals surface area contributed by atoms with E-state index < -0.39 is 5.97 Å². The van der Waals surface area contributed by atoms with Crippen molar-refractivity contribution in [3.05, 3.63) is 60.7 Å². The molecule has 28 heavy (non-hydrogen) atoms. The highest BCUT2D eigenvalue weighted by Gasteiger charge is 2.16. The van der Waals surface area contributed by atoms with Gasteiger partial charge in [-0.25, -0.2) is 4.98 Å². The van der Waals surface area contributed by atoms with Crippen molar-refractivity contribution in [2.75, 3.05) is 5.75 Å². The molecule has 0 unspecified atom stereocenters. The summed E-state index contributed by atoms with van der Waals surface area (Å²) in [5.41, 5.74) is 2.96. The number of aromatic nitrogens is 1. The molecule has 0 saturated carbocycles. The lowest BCUT2D eigenvalue weighted by atomic mass is 10.1. The third kappa shape index (κ3) is 5.99. The molecule has 0 aliphatic rings. The van der Waals surface area contributed by atoms with E-state index >= 15 is 0 Å². The van der Waals surface area contributed by atoms with Crippen molar-refractivity contribution in [3.63, 3.8) is 0 Å². The van der Waals surface area contributed by atoms with E-state index in [0.717, 1.165) is 60.4 Å². The van der Waals surface area contributed by atoms with Crippen molar-refractivity contribution < 1.29 is 14.3 Å². The molecule has 0 saturated heterocycles. The van der Waals surface area contributed by atoms with Crippen LogP contribution in [0.15, 0.2) is 70.3 Å². The summed E-state index contributed by atoms with van der Waals surface area (Å²) in [6.07, 6.45) is 5.26. The number of carbonyl (C=O) groups is 1. The molecule has 0 aliphatic heterocycles. The molecule has 0 amide bonds. The molecule has 0 atom stereocenters. The number of benzene rings is 2. The zero-order valence-electron chi connectivity index (χ0n) is 15.8. The second-order valence-electron chi connectivity index (χ2n) is 6.65. The molecule has 0 bridgehead atoms. The van der Waals surface area contributed by atoms with Crippen LogP contribution in [0.4, 0.5) is 0 Å². The number of hydrogen-bond donors (Lipinski definition) is 1. The molecule has 1 aromatic heterocycles. The lowest BCUT2D eigenvalue weighted by molar-refractivity contribution is -0.137. The molecule has 0 aliphatic carbocycles. The Morgan fingerprint density at radius 1 is 0.857 bits per heavy atom. The Labute approximate surface area is 170 Å². The second-order valence-corrected chi connectivity index (χ2v) is 7.70. The first-order valence-corrected chi connectivity index (χ1v) is 10.7. The first-order valence-electron chi connectivity index (χ1n) is 9.70. The average Bonchev–Trinajstić information content (AvgIpc) is 3.15. The van der Waals surface area contributed by atoms with Crippen LogP contribution in [0, 0.1) is 0 Å². The molecule has 1 N–H and O–H groups in total. The highest BCUT2D eigenvalue weighted by Crippen LogP contribution is 2.35. The lowest BCUT2D eigenvalue weighted by Crippen LogP contribution is -1.93. The third-order valence-corrected chi connectivity index (χ3v) is 5.37. The maximum atomic E-state index is 10.5. The van der Waals surface area contributed by atoms with E-state index in [2.05, 4.69) is 12.1 Å². The van der Waals surface area contributed by atoms with Crippen LogP contribution in [0.3, 0.4) is 0 Å². The van der Waals surface area contributed by atoms with Gasteiger partial charge < -0.3 is 9.52 Å². The number of nitrogens with zero attached hydrogens (tertiary/aromatic N) is 1. The van der Waals surface area contributed by atoms with E-state index in [1.54, 1.807) is 11.8 Å². The van der Waals surface area contributed by atoms with Gasteiger partial charge >= 0.3 is 5.97 Å². The van der Waals surface area contributed by atoms with Crippen molar-refractivity contribution in [2.24, 2.45) is 0 Å². The monoisotopic (exact) mass is 395 g/mol. The van der Waals surface area contributed by atoms with E-state index in [-0.39, 0.29) is 6.42 Å². The van der Waals surface area contributed by atoms with Crippen molar-refractivity contribution in [2.45, 2.75) is 43.7 Å². The van der Waals surface area contributed by atoms with Crippen LogP contribution < -0.4 is 0 Å². The summed E-state index contributed by atoms with van der Waals surface area (Å²) in [5.74, 6) is 1.05. The van der Waals surface area contributed by atoms with Crippen LogP contribution in [0.2, 0.25) is 0 Å². The molecule has 3 rings (SSSR count). The van der Waals surface area contributed by atoms with Gasteiger partial charge in [-0.15, -0.1) is 0 Å². The summed E-state index contributed by atoms with van der Waals surface area (Å²) >= 11 is 1.64. The Morgan fingerprint density at radius 3 is 2.14 bits per heavy atom.